The van der Waals surface area contributed by atoms with Crippen molar-refractivity contribution in [3.63, 3.8) is 0 Å². The van der Waals surface area contributed by atoms with E-state index >= 15 is 0 Å². The molecule has 200 valence electrons. The second-order valence-corrected chi connectivity index (χ2v) is 14.0. The summed E-state index contributed by atoms with van der Waals surface area (Å²) in [5.74, 6) is -0.460. The molecule has 12 heteroatoms. The number of rotatable bonds is 4. The van der Waals surface area contributed by atoms with Crippen molar-refractivity contribution in [1.29, 1.82) is 0 Å². The molecule has 0 saturated carbocycles. The van der Waals surface area contributed by atoms with Gasteiger partial charge in [0.2, 0.25) is 0 Å². The van der Waals surface area contributed by atoms with Crippen molar-refractivity contribution in [3.8, 4) is 21.4 Å². The quantitative estimate of drug-likeness (QED) is 0.329. The van der Waals surface area contributed by atoms with Gasteiger partial charge in [-0.05, 0) is 62.3 Å². The van der Waals surface area contributed by atoms with E-state index < -0.39 is 29.4 Å². The maximum Gasteiger partial charge on any atom is 0.413 e. The molecule has 1 aliphatic rings. The zero-order valence-electron chi connectivity index (χ0n) is 22.7. The minimum atomic E-state index is -0.850. The first-order valence-corrected chi connectivity index (χ1v) is 14.3. The maximum absolute atomic E-state index is 13.2. The van der Waals surface area contributed by atoms with Gasteiger partial charge in [-0.2, -0.15) is 0 Å². The minimum Gasteiger partial charge on any atom is -0.464 e. The van der Waals surface area contributed by atoms with Gasteiger partial charge in [0.15, 0.2) is 5.69 Å². The zero-order chi connectivity index (χ0) is 27.4. The summed E-state index contributed by atoms with van der Waals surface area (Å²) in [6.45, 7) is 17.0. The summed E-state index contributed by atoms with van der Waals surface area (Å²) in [5.41, 5.74) is 0.318. The van der Waals surface area contributed by atoms with Crippen molar-refractivity contribution in [2.75, 3.05) is 7.11 Å². The molecule has 0 radical (unpaired) electrons. The molecule has 0 bridgehead atoms. The molecule has 4 heterocycles. The maximum atomic E-state index is 13.2. The summed E-state index contributed by atoms with van der Waals surface area (Å²) in [6.07, 6.45) is -0.710. The van der Waals surface area contributed by atoms with Gasteiger partial charge in [-0.1, -0.05) is 0 Å². The number of amides is 1. The number of nitrogens with zero attached hydrogens (tertiary/aromatic N) is 4. The number of carbonyl (C=O) groups is 2. The molecule has 0 unspecified atom stereocenters. The van der Waals surface area contributed by atoms with Crippen LogP contribution in [0.4, 0.5) is 4.79 Å². The van der Waals surface area contributed by atoms with Gasteiger partial charge in [-0.3, -0.25) is 4.90 Å². The van der Waals surface area contributed by atoms with E-state index in [9.17, 15) is 9.59 Å². The van der Waals surface area contributed by atoms with Gasteiger partial charge >= 0.3 is 12.1 Å². The molecular formula is C25H32N4O5S3. The molecule has 3 aromatic rings. The average molecular weight is 565 g/mol. The van der Waals surface area contributed by atoms with E-state index in [1.807, 2.05) is 62.3 Å². The topological polar surface area (TPSA) is 104 Å². The van der Waals surface area contributed by atoms with E-state index in [0.29, 0.717) is 10.7 Å². The summed E-state index contributed by atoms with van der Waals surface area (Å²) in [6, 6.07) is -0.396. The van der Waals surface area contributed by atoms with Crippen LogP contribution in [0.5, 0.6) is 0 Å². The first kappa shape index (κ1) is 27.6. The molecule has 1 saturated heterocycles. The van der Waals surface area contributed by atoms with Crippen molar-refractivity contribution >= 4 is 46.1 Å². The Morgan fingerprint density at radius 1 is 0.946 bits per heavy atom. The Balaban J connectivity index is 1.70. The Kier molecular flexibility index (Phi) is 7.25. The van der Waals surface area contributed by atoms with E-state index in [1.54, 1.807) is 4.90 Å². The number of methoxy groups -OCH3 is 1. The molecule has 2 atom stereocenters. The molecule has 37 heavy (non-hydrogen) atoms. The van der Waals surface area contributed by atoms with Crippen molar-refractivity contribution in [1.82, 2.24) is 19.9 Å². The molecule has 1 fully saturated rings. The van der Waals surface area contributed by atoms with Crippen molar-refractivity contribution < 1.29 is 23.8 Å². The number of esters is 1. The van der Waals surface area contributed by atoms with Gasteiger partial charge in [-0.25, -0.2) is 24.5 Å². The fourth-order valence-corrected chi connectivity index (χ4v) is 7.44. The highest BCUT2D eigenvalue weighted by molar-refractivity contribution is 7.18. The number of carbonyl (C=O) groups excluding carboxylic acids is 2. The van der Waals surface area contributed by atoms with Crippen molar-refractivity contribution in [2.45, 2.75) is 85.8 Å². The molecule has 9 nitrogen and oxygen atoms in total. The lowest BCUT2D eigenvalue weighted by Crippen LogP contribution is -2.47. The molecule has 1 aliphatic heterocycles. The molecule has 0 N–H and O–H groups in total. The third-order valence-corrected chi connectivity index (χ3v) is 8.81. The van der Waals surface area contributed by atoms with E-state index in [1.165, 1.54) is 41.1 Å². The van der Waals surface area contributed by atoms with Gasteiger partial charge < -0.3 is 14.2 Å². The SMILES string of the molecule is COC(=O)c1nc(-c2nc(-c3nc([C@@H]4[C@@H](C)OC(C)(C)N4C(=O)OC(C)(C)C)sc3C)sc2C)sc1C. The van der Waals surface area contributed by atoms with Crippen LogP contribution in [0.25, 0.3) is 21.4 Å². The van der Waals surface area contributed by atoms with Crippen LogP contribution in [0.15, 0.2) is 0 Å². The van der Waals surface area contributed by atoms with Crippen LogP contribution in [-0.4, -0.2) is 56.5 Å². The molecule has 0 aromatic carbocycles. The Bertz CT molecular complexity index is 1350. The van der Waals surface area contributed by atoms with Crippen LogP contribution in [0.2, 0.25) is 0 Å². The third kappa shape index (κ3) is 5.29. The van der Waals surface area contributed by atoms with Crippen LogP contribution in [-0.2, 0) is 14.2 Å². The first-order chi connectivity index (χ1) is 17.1. The van der Waals surface area contributed by atoms with Gasteiger partial charge in [0.05, 0.1) is 13.2 Å². The fourth-order valence-electron chi connectivity index (χ4n) is 4.30. The van der Waals surface area contributed by atoms with Crippen molar-refractivity contribution in [2.24, 2.45) is 0 Å². The van der Waals surface area contributed by atoms with Gasteiger partial charge in [0.1, 0.15) is 43.8 Å². The van der Waals surface area contributed by atoms with Gasteiger partial charge in [0.25, 0.3) is 0 Å². The molecular weight excluding hydrogens is 532 g/mol. The number of hydrogen-bond donors (Lipinski definition) is 0. The lowest BCUT2D eigenvalue weighted by atomic mass is 10.1. The number of aromatic nitrogens is 3. The number of thiazole rings is 3. The highest BCUT2D eigenvalue weighted by Gasteiger charge is 2.51. The van der Waals surface area contributed by atoms with Crippen molar-refractivity contribution in [3.05, 3.63) is 25.3 Å². The smallest absolute Gasteiger partial charge is 0.413 e. The van der Waals surface area contributed by atoms with Crippen LogP contribution in [0.3, 0.4) is 0 Å². The molecule has 0 aliphatic carbocycles. The average Bonchev–Trinajstić information content (AvgIpc) is 3.49. The molecule has 4 rings (SSSR count). The largest absolute Gasteiger partial charge is 0.464 e. The Morgan fingerprint density at radius 2 is 1.51 bits per heavy atom. The highest BCUT2D eigenvalue weighted by atomic mass is 32.1. The Labute approximate surface area is 228 Å². The molecule has 0 spiro atoms. The molecule has 3 aromatic heterocycles. The lowest BCUT2D eigenvalue weighted by molar-refractivity contribution is -0.0757. The summed E-state index contributed by atoms with van der Waals surface area (Å²) in [7, 11) is 1.34. The standard InChI is InChI=1S/C25H32N4O5S3/c1-11-18(29(25(8,9)33-11)23(31)34-24(5,6)7)21-27-16(13(3)37-21)19-26-15(12(2)35-19)20-28-17(14(4)36-20)22(30)32-10/h11,18H,1-10H3/t11-,18+/m1/s1. The van der Waals surface area contributed by atoms with E-state index in [2.05, 4.69) is 4.98 Å². The van der Waals surface area contributed by atoms with Crippen LogP contribution >= 0.6 is 34.0 Å². The van der Waals surface area contributed by atoms with E-state index in [4.69, 9.17) is 24.2 Å². The van der Waals surface area contributed by atoms with E-state index in [0.717, 1.165) is 36.0 Å². The number of aryl methyl sites for hydroxylation is 3. The lowest BCUT2D eigenvalue weighted by Gasteiger charge is -2.34. The second kappa shape index (κ2) is 9.72. The first-order valence-electron chi connectivity index (χ1n) is 11.8. The normalized spacial score (nSPS) is 19.4. The van der Waals surface area contributed by atoms with Crippen LogP contribution in [0, 0.1) is 20.8 Å². The summed E-state index contributed by atoms with van der Waals surface area (Å²) < 4.78 is 16.7. The fraction of sp³-hybridized carbons (Fsp3) is 0.560. The zero-order valence-corrected chi connectivity index (χ0v) is 25.2. The summed E-state index contributed by atoms with van der Waals surface area (Å²) in [5, 5.41) is 2.19. The van der Waals surface area contributed by atoms with Crippen LogP contribution < -0.4 is 0 Å². The third-order valence-electron chi connectivity index (χ3n) is 5.81. The monoisotopic (exact) mass is 564 g/mol. The van der Waals surface area contributed by atoms with E-state index in [-0.39, 0.29) is 6.10 Å². The minimum absolute atomic E-state index is 0.274. The predicted octanol–water partition coefficient (Wildman–Crippen LogP) is 6.53. The molecule has 1 amide bonds. The highest BCUT2D eigenvalue weighted by Crippen LogP contribution is 2.46. The summed E-state index contributed by atoms with van der Waals surface area (Å²) in [4.78, 5) is 44.0. The number of hydrogen-bond acceptors (Lipinski definition) is 11. The summed E-state index contributed by atoms with van der Waals surface area (Å²) >= 11 is 4.46. The Morgan fingerprint density at radius 3 is 2.14 bits per heavy atom. The van der Waals surface area contributed by atoms with Gasteiger partial charge in [-0.15, -0.1) is 34.0 Å². The van der Waals surface area contributed by atoms with Crippen LogP contribution in [0.1, 0.15) is 77.7 Å². The second-order valence-electron chi connectivity index (χ2n) is 10.4. The number of ether oxygens (including phenoxy) is 3. The Hall–Kier alpha value is -2.41. The van der Waals surface area contributed by atoms with Gasteiger partial charge in [0, 0.05) is 14.6 Å². The predicted molar refractivity (Wildman–Crippen MR) is 145 cm³/mol.